The fourth-order valence-electron chi connectivity index (χ4n) is 2.93. The molecule has 0 bridgehead atoms. The average molecular weight is 323 g/mol. The Morgan fingerprint density at radius 2 is 1.50 bits per heavy atom. The van der Waals surface area contributed by atoms with Gasteiger partial charge in [0.25, 0.3) is 0 Å². The van der Waals surface area contributed by atoms with Gasteiger partial charge in [-0.3, -0.25) is 0 Å². The van der Waals surface area contributed by atoms with Crippen LogP contribution in [-0.4, -0.2) is 14.2 Å². The zero-order valence-corrected chi connectivity index (χ0v) is 14.9. The molecule has 0 aliphatic rings. The molecule has 0 radical (unpaired) electrons. The Kier molecular flexibility index (Phi) is 6.26. The SMILES string of the molecule is CCc1ccc(OC)c(CC(C#N)c2cc(CC)ccc2OC)c1. The molecule has 0 aliphatic heterocycles. The van der Waals surface area contributed by atoms with E-state index in [1.165, 1.54) is 11.1 Å². The van der Waals surface area contributed by atoms with Crippen LogP contribution in [0.4, 0.5) is 0 Å². The van der Waals surface area contributed by atoms with Crippen molar-refractivity contribution >= 4 is 0 Å². The maximum absolute atomic E-state index is 9.77. The Hall–Kier alpha value is -2.47. The van der Waals surface area contributed by atoms with E-state index in [0.29, 0.717) is 6.42 Å². The van der Waals surface area contributed by atoms with Gasteiger partial charge in [0.2, 0.25) is 0 Å². The van der Waals surface area contributed by atoms with Crippen LogP contribution in [-0.2, 0) is 19.3 Å². The molecule has 2 aromatic rings. The normalized spacial score (nSPS) is 11.6. The Bertz CT molecular complexity index is 731. The van der Waals surface area contributed by atoms with Crippen molar-refractivity contribution in [3.63, 3.8) is 0 Å². The average Bonchev–Trinajstić information content (AvgIpc) is 2.65. The van der Waals surface area contributed by atoms with Crippen LogP contribution in [0.3, 0.4) is 0 Å². The monoisotopic (exact) mass is 323 g/mol. The summed E-state index contributed by atoms with van der Waals surface area (Å²) >= 11 is 0. The maximum atomic E-state index is 9.77. The van der Waals surface area contributed by atoms with E-state index >= 15 is 0 Å². The van der Waals surface area contributed by atoms with E-state index in [-0.39, 0.29) is 5.92 Å². The highest BCUT2D eigenvalue weighted by Crippen LogP contribution is 2.33. The summed E-state index contributed by atoms with van der Waals surface area (Å²) in [5.74, 6) is 1.33. The minimum absolute atomic E-state index is 0.271. The van der Waals surface area contributed by atoms with Crippen LogP contribution in [0.1, 0.15) is 42.0 Å². The van der Waals surface area contributed by atoms with E-state index < -0.39 is 0 Å². The Morgan fingerprint density at radius 3 is 2.04 bits per heavy atom. The molecule has 126 valence electrons. The zero-order chi connectivity index (χ0) is 17.5. The summed E-state index contributed by atoms with van der Waals surface area (Å²) in [6.45, 7) is 4.24. The molecule has 0 N–H and O–H groups in total. The first kappa shape index (κ1) is 17.9. The molecule has 3 heteroatoms. The summed E-state index contributed by atoms with van der Waals surface area (Å²) in [5.41, 5.74) is 4.47. The van der Waals surface area contributed by atoms with Gasteiger partial charge in [-0.2, -0.15) is 5.26 Å². The number of rotatable bonds is 7. The van der Waals surface area contributed by atoms with Crippen LogP contribution in [0.25, 0.3) is 0 Å². The van der Waals surface area contributed by atoms with Crippen molar-refractivity contribution in [1.29, 1.82) is 5.26 Å². The number of hydrogen-bond acceptors (Lipinski definition) is 3. The highest BCUT2D eigenvalue weighted by atomic mass is 16.5. The fourth-order valence-corrected chi connectivity index (χ4v) is 2.93. The largest absolute Gasteiger partial charge is 0.496 e. The van der Waals surface area contributed by atoms with Crippen molar-refractivity contribution in [3.8, 4) is 17.6 Å². The molecular weight excluding hydrogens is 298 g/mol. The predicted molar refractivity (Wildman–Crippen MR) is 96.8 cm³/mol. The van der Waals surface area contributed by atoms with Gasteiger partial charge in [-0.15, -0.1) is 0 Å². The van der Waals surface area contributed by atoms with Gasteiger partial charge >= 0.3 is 0 Å². The van der Waals surface area contributed by atoms with Gasteiger partial charge in [0.15, 0.2) is 0 Å². The van der Waals surface area contributed by atoms with Gasteiger partial charge in [-0.25, -0.2) is 0 Å². The molecule has 1 atom stereocenters. The van der Waals surface area contributed by atoms with E-state index in [9.17, 15) is 5.26 Å². The number of benzene rings is 2. The fraction of sp³-hybridized carbons (Fsp3) is 0.381. The highest BCUT2D eigenvalue weighted by Gasteiger charge is 2.19. The standard InChI is InChI=1S/C21H25NO2/c1-5-15-7-9-20(23-3)17(11-15)13-18(14-22)19-12-16(6-2)8-10-21(19)24-4/h7-12,18H,5-6,13H2,1-4H3. The topological polar surface area (TPSA) is 42.2 Å². The number of nitriles is 1. The van der Waals surface area contributed by atoms with Gasteiger partial charge in [0, 0.05) is 5.56 Å². The van der Waals surface area contributed by atoms with E-state index in [1.807, 2.05) is 12.1 Å². The van der Waals surface area contributed by atoms with Crippen molar-refractivity contribution in [2.75, 3.05) is 14.2 Å². The summed E-state index contributed by atoms with van der Waals surface area (Å²) in [6.07, 6.45) is 2.50. The number of ether oxygens (including phenoxy) is 2. The minimum atomic E-state index is -0.271. The minimum Gasteiger partial charge on any atom is -0.496 e. The van der Waals surface area contributed by atoms with Gasteiger partial charge in [-0.05, 0) is 48.1 Å². The number of methoxy groups -OCH3 is 2. The highest BCUT2D eigenvalue weighted by molar-refractivity contribution is 5.45. The molecule has 0 amide bonds. The molecule has 0 aromatic heterocycles. The second-order valence-electron chi connectivity index (χ2n) is 5.82. The van der Waals surface area contributed by atoms with E-state index in [4.69, 9.17) is 9.47 Å². The second kappa shape index (κ2) is 8.40. The first-order chi connectivity index (χ1) is 11.7. The summed E-state index contributed by atoms with van der Waals surface area (Å²) in [4.78, 5) is 0. The molecule has 0 saturated carbocycles. The van der Waals surface area contributed by atoms with Crippen LogP contribution >= 0.6 is 0 Å². The molecule has 0 saturated heterocycles. The van der Waals surface area contributed by atoms with Gasteiger partial charge in [0.05, 0.1) is 26.2 Å². The van der Waals surface area contributed by atoms with Crippen molar-refractivity contribution in [1.82, 2.24) is 0 Å². The van der Waals surface area contributed by atoms with Crippen molar-refractivity contribution in [2.45, 2.75) is 39.0 Å². The van der Waals surface area contributed by atoms with Crippen molar-refractivity contribution < 1.29 is 9.47 Å². The Balaban J connectivity index is 2.42. The summed E-state index contributed by atoms with van der Waals surface area (Å²) < 4.78 is 11.0. The smallest absolute Gasteiger partial charge is 0.123 e. The molecule has 0 aliphatic carbocycles. The first-order valence-electron chi connectivity index (χ1n) is 8.38. The van der Waals surface area contributed by atoms with Gasteiger partial charge in [0.1, 0.15) is 11.5 Å². The van der Waals surface area contributed by atoms with E-state index in [1.54, 1.807) is 14.2 Å². The molecular formula is C21H25NO2. The lowest BCUT2D eigenvalue weighted by molar-refractivity contribution is 0.403. The van der Waals surface area contributed by atoms with Crippen LogP contribution < -0.4 is 9.47 Å². The third-order valence-electron chi connectivity index (χ3n) is 4.41. The predicted octanol–water partition coefficient (Wildman–Crippen LogP) is 4.68. The maximum Gasteiger partial charge on any atom is 0.123 e. The third kappa shape index (κ3) is 3.89. The summed E-state index contributed by atoms with van der Waals surface area (Å²) in [5, 5.41) is 9.77. The molecule has 0 spiro atoms. The molecule has 2 rings (SSSR count). The summed E-state index contributed by atoms with van der Waals surface area (Å²) in [7, 11) is 3.32. The number of nitrogens with zero attached hydrogens (tertiary/aromatic N) is 1. The quantitative estimate of drug-likeness (QED) is 0.743. The van der Waals surface area contributed by atoms with Crippen LogP contribution in [0.2, 0.25) is 0 Å². The van der Waals surface area contributed by atoms with Crippen LogP contribution in [0.5, 0.6) is 11.5 Å². The van der Waals surface area contributed by atoms with E-state index in [0.717, 1.165) is 35.5 Å². The van der Waals surface area contributed by atoms with E-state index in [2.05, 4.69) is 44.2 Å². The molecule has 24 heavy (non-hydrogen) atoms. The van der Waals surface area contributed by atoms with Crippen molar-refractivity contribution in [2.24, 2.45) is 0 Å². The Labute approximate surface area is 144 Å². The molecule has 1 unspecified atom stereocenters. The lowest BCUT2D eigenvalue weighted by Crippen LogP contribution is -2.06. The zero-order valence-electron chi connectivity index (χ0n) is 14.9. The van der Waals surface area contributed by atoms with Gasteiger partial charge in [-0.1, -0.05) is 38.1 Å². The molecule has 3 nitrogen and oxygen atoms in total. The molecule has 2 aromatic carbocycles. The molecule has 0 heterocycles. The lowest BCUT2D eigenvalue weighted by Gasteiger charge is -2.17. The Morgan fingerprint density at radius 1 is 0.917 bits per heavy atom. The lowest BCUT2D eigenvalue weighted by atomic mass is 9.90. The van der Waals surface area contributed by atoms with Crippen LogP contribution in [0, 0.1) is 11.3 Å². The van der Waals surface area contributed by atoms with Crippen LogP contribution in [0.15, 0.2) is 36.4 Å². The number of hydrogen-bond donors (Lipinski definition) is 0. The second-order valence-corrected chi connectivity index (χ2v) is 5.82. The summed E-state index contributed by atoms with van der Waals surface area (Å²) in [6, 6.07) is 14.7. The van der Waals surface area contributed by atoms with Gasteiger partial charge < -0.3 is 9.47 Å². The molecule has 0 fully saturated rings. The third-order valence-corrected chi connectivity index (χ3v) is 4.41. The number of aryl methyl sites for hydroxylation is 2. The van der Waals surface area contributed by atoms with Crippen molar-refractivity contribution in [3.05, 3.63) is 58.7 Å². The first-order valence-corrected chi connectivity index (χ1v) is 8.38.